The minimum Gasteiger partial charge on any atom is -0.338 e. The molecule has 8 heteroatoms. The molecule has 2 aromatic heterocycles. The second kappa shape index (κ2) is 9.45. The molecule has 160 valence electrons. The second-order valence-corrected chi connectivity index (χ2v) is 7.35. The lowest BCUT2D eigenvalue weighted by Crippen LogP contribution is -2.28. The van der Waals surface area contributed by atoms with Gasteiger partial charge in [-0.3, -0.25) is 15.1 Å². The molecule has 0 saturated heterocycles. The van der Waals surface area contributed by atoms with Crippen LogP contribution in [0.2, 0.25) is 5.02 Å². The summed E-state index contributed by atoms with van der Waals surface area (Å²) in [5.41, 5.74) is 2.40. The lowest BCUT2D eigenvalue weighted by atomic mass is 10.0. The maximum Gasteiger partial charge on any atom is 0.320 e. The summed E-state index contributed by atoms with van der Waals surface area (Å²) in [6, 6.07) is 17.9. The van der Waals surface area contributed by atoms with Crippen LogP contribution in [0.5, 0.6) is 0 Å². The van der Waals surface area contributed by atoms with E-state index in [9.17, 15) is 9.59 Å². The number of amides is 3. The Bertz CT molecular complexity index is 1290. The van der Waals surface area contributed by atoms with E-state index in [0.717, 1.165) is 22.0 Å². The number of urea groups is 1. The molecule has 3 amide bonds. The van der Waals surface area contributed by atoms with Crippen LogP contribution in [0.15, 0.2) is 73.1 Å². The molecule has 4 rings (SSSR count). The van der Waals surface area contributed by atoms with Gasteiger partial charge in [0, 0.05) is 35.6 Å². The molecular formula is C24H20ClN5O2. The number of halogens is 1. The van der Waals surface area contributed by atoms with Crippen LogP contribution >= 0.6 is 11.6 Å². The fourth-order valence-electron chi connectivity index (χ4n) is 3.25. The van der Waals surface area contributed by atoms with E-state index in [0.29, 0.717) is 28.6 Å². The highest BCUT2D eigenvalue weighted by Gasteiger charge is 2.13. The molecule has 0 bridgehead atoms. The van der Waals surface area contributed by atoms with Gasteiger partial charge in [-0.1, -0.05) is 35.9 Å². The number of hydrogen-bond donors (Lipinski definition) is 3. The molecule has 0 radical (unpaired) electrons. The fourth-order valence-corrected chi connectivity index (χ4v) is 3.45. The highest BCUT2D eigenvalue weighted by molar-refractivity contribution is 6.33. The standard InChI is InChI=1S/C24H20ClN5O2/c1-2-26-24(32)30-21-10-7-16(14-28-21)23(31)29-17-8-9-20(25)19(13-17)22-18-6-4-3-5-15(18)11-12-27-22/h3-14H,2H2,1H3,(H,29,31)(H2,26,28,30,32). The summed E-state index contributed by atoms with van der Waals surface area (Å²) in [5, 5.41) is 10.6. The monoisotopic (exact) mass is 445 g/mol. The molecule has 4 aromatic rings. The Morgan fingerprint density at radius 2 is 1.81 bits per heavy atom. The highest BCUT2D eigenvalue weighted by Crippen LogP contribution is 2.33. The lowest BCUT2D eigenvalue weighted by Gasteiger charge is -2.11. The van der Waals surface area contributed by atoms with Gasteiger partial charge in [0.05, 0.1) is 16.3 Å². The van der Waals surface area contributed by atoms with Crippen molar-refractivity contribution >= 4 is 45.8 Å². The highest BCUT2D eigenvalue weighted by atomic mass is 35.5. The molecule has 2 aromatic carbocycles. The quantitative estimate of drug-likeness (QED) is 0.386. The van der Waals surface area contributed by atoms with Crippen LogP contribution in [0.4, 0.5) is 16.3 Å². The molecule has 32 heavy (non-hydrogen) atoms. The number of anilines is 2. The summed E-state index contributed by atoms with van der Waals surface area (Å²) in [7, 11) is 0. The van der Waals surface area contributed by atoms with E-state index in [1.807, 2.05) is 37.3 Å². The third kappa shape index (κ3) is 4.68. The lowest BCUT2D eigenvalue weighted by molar-refractivity contribution is 0.102. The number of carbonyl (C=O) groups excluding carboxylic acids is 2. The summed E-state index contributed by atoms with van der Waals surface area (Å²) < 4.78 is 0. The molecule has 0 spiro atoms. The third-order valence-corrected chi connectivity index (χ3v) is 5.09. The number of nitrogens with one attached hydrogen (secondary N) is 3. The van der Waals surface area contributed by atoms with Crippen LogP contribution in [-0.2, 0) is 0 Å². The Hall–Kier alpha value is -3.97. The average Bonchev–Trinajstić information content (AvgIpc) is 2.80. The topological polar surface area (TPSA) is 96.0 Å². The first-order valence-corrected chi connectivity index (χ1v) is 10.4. The summed E-state index contributed by atoms with van der Waals surface area (Å²) >= 11 is 6.46. The van der Waals surface area contributed by atoms with E-state index in [1.54, 1.807) is 36.5 Å². The number of nitrogens with zero attached hydrogens (tertiary/aromatic N) is 2. The molecule has 0 fully saturated rings. The van der Waals surface area contributed by atoms with Crippen LogP contribution in [0, 0.1) is 0 Å². The predicted molar refractivity (Wildman–Crippen MR) is 127 cm³/mol. The normalized spacial score (nSPS) is 10.6. The molecule has 0 aliphatic carbocycles. The largest absolute Gasteiger partial charge is 0.338 e. The molecule has 2 heterocycles. The molecule has 0 unspecified atom stereocenters. The number of benzene rings is 2. The van der Waals surface area contributed by atoms with Gasteiger partial charge in [-0.05, 0) is 48.7 Å². The SMILES string of the molecule is CCNC(=O)Nc1ccc(C(=O)Nc2ccc(Cl)c(-c3nccc4ccccc34)c2)cn1. The Kier molecular flexibility index (Phi) is 6.28. The van der Waals surface area contributed by atoms with E-state index in [-0.39, 0.29) is 11.9 Å². The Morgan fingerprint density at radius 1 is 0.969 bits per heavy atom. The molecule has 7 nitrogen and oxygen atoms in total. The van der Waals surface area contributed by atoms with Crippen molar-refractivity contribution in [2.45, 2.75) is 6.92 Å². The summed E-state index contributed by atoms with van der Waals surface area (Å²) in [4.78, 5) is 32.9. The van der Waals surface area contributed by atoms with Crippen molar-refractivity contribution in [2.75, 3.05) is 17.2 Å². The molecule has 0 aliphatic heterocycles. The summed E-state index contributed by atoms with van der Waals surface area (Å²) in [5.74, 6) is 0.0181. The van der Waals surface area contributed by atoms with Gasteiger partial charge in [0.25, 0.3) is 5.91 Å². The number of hydrogen-bond acceptors (Lipinski definition) is 4. The summed E-state index contributed by atoms with van der Waals surface area (Å²) in [6.07, 6.45) is 3.14. The van der Waals surface area contributed by atoms with Gasteiger partial charge in [-0.2, -0.15) is 0 Å². The van der Waals surface area contributed by atoms with E-state index in [4.69, 9.17) is 11.6 Å². The van der Waals surface area contributed by atoms with E-state index in [2.05, 4.69) is 25.9 Å². The minimum absolute atomic E-state index is 0.332. The Morgan fingerprint density at radius 3 is 2.59 bits per heavy atom. The van der Waals surface area contributed by atoms with Gasteiger partial charge in [-0.25, -0.2) is 9.78 Å². The van der Waals surface area contributed by atoms with Crippen LogP contribution in [0.1, 0.15) is 17.3 Å². The maximum absolute atomic E-state index is 12.7. The number of aromatic nitrogens is 2. The van der Waals surface area contributed by atoms with Crippen molar-refractivity contribution in [3.05, 3.63) is 83.6 Å². The predicted octanol–water partition coefficient (Wildman–Crippen LogP) is 5.34. The van der Waals surface area contributed by atoms with Crippen molar-refractivity contribution < 1.29 is 9.59 Å². The van der Waals surface area contributed by atoms with Crippen molar-refractivity contribution in [3.8, 4) is 11.3 Å². The molecular weight excluding hydrogens is 426 g/mol. The molecule has 0 saturated carbocycles. The fraction of sp³-hybridized carbons (Fsp3) is 0.0833. The Labute approximate surface area is 189 Å². The van der Waals surface area contributed by atoms with Crippen LogP contribution < -0.4 is 16.0 Å². The van der Waals surface area contributed by atoms with Crippen molar-refractivity contribution in [1.82, 2.24) is 15.3 Å². The first kappa shape index (κ1) is 21.3. The van der Waals surface area contributed by atoms with Crippen molar-refractivity contribution in [3.63, 3.8) is 0 Å². The average molecular weight is 446 g/mol. The number of carbonyl (C=O) groups is 2. The zero-order valence-electron chi connectivity index (χ0n) is 17.2. The van der Waals surface area contributed by atoms with Gasteiger partial charge >= 0.3 is 6.03 Å². The molecule has 0 atom stereocenters. The first-order chi connectivity index (χ1) is 15.5. The van der Waals surface area contributed by atoms with Gasteiger partial charge in [0.1, 0.15) is 5.82 Å². The number of pyridine rings is 2. The van der Waals surface area contributed by atoms with E-state index in [1.165, 1.54) is 6.20 Å². The Balaban J connectivity index is 1.55. The van der Waals surface area contributed by atoms with Crippen LogP contribution in [0.3, 0.4) is 0 Å². The zero-order valence-corrected chi connectivity index (χ0v) is 18.0. The summed E-state index contributed by atoms with van der Waals surface area (Å²) in [6.45, 7) is 2.32. The van der Waals surface area contributed by atoms with Gasteiger partial charge in [0.15, 0.2) is 0 Å². The molecule has 3 N–H and O–H groups in total. The first-order valence-electron chi connectivity index (χ1n) is 10.0. The maximum atomic E-state index is 12.7. The zero-order chi connectivity index (χ0) is 22.5. The minimum atomic E-state index is -0.354. The van der Waals surface area contributed by atoms with E-state index >= 15 is 0 Å². The smallest absolute Gasteiger partial charge is 0.320 e. The third-order valence-electron chi connectivity index (χ3n) is 4.76. The van der Waals surface area contributed by atoms with Crippen LogP contribution in [-0.4, -0.2) is 28.5 Å². The van der Waals surface area contributed by atoms with Gasteiger partial charge in [-0.15, -0.1) is 0 Å². The van der Waals surface area contributed by atoms with E-state index < -0.39 is 0 Å². The number of rotatable bonds is 5. The second-order valence-electron chi connectivity index (χ2n) is 6.95. The van der Waals surface area contributed by atoms with Gasteiger partial charge < -0.3 is 10.6 Å². The number of fused-ring (bicyclic) bond motifs is 1. The van der Waals surface area contributed by atoms with Gasteiger partial charge in [0.2, 0.25) is 0 Å². The van der Waals surface area contributed by atoms with Crippen molar-refractivity contribution in [1.29, 1.82) is 0 Å². The van der Waals surface area contributed by atoms with Crippen LogP contribution in [0.25, 0.3) is 22.0 Å². The van der Waals surface area contributed by atoms with Crippen molar-refractivity contribution in [2.24, 2.45) is 0 Å². The molecule has 0 aliphatic rings.